The van der Waals surface area contributed by atoms with Crippen LogP contribution in [0.2, 0.25) is 0 Å². The fourth-order valence-electron chi connectivity index (χ4n) is 3.26. The van der Waals surface area contributed by atoms with E-state index in [9.17, 15) is 26.3 Å². The third-order valence-corrected chi connectivity index (χ3v) is 4.77. The van der Waals surface area contributed by atoms with Crippen molar-refractivity contribution < 1.29 is 26.3 Å². The van der Waals surface area contributed by atoms with Gasteiger partial charge in [-0.1, -0.05) is 12.8 Å². The summed E-state index contributed by atoms with van der Waals surface area (Å²) in [6.45, 7) is 0. The van der Waals surface area contributed by atoms with Gasteiger partial charge in [0.2, 0.25) is 0 Å². The lowest BCUT2D eigenvalue weighted by molar-refractivity contribution is -0.143. The zero-order valence-corrected chi connectivity index (χ0v) is 15.7. The quantitative estimate of drug-likeness (QED) is 0.546. The number of benzene rings is 1. The molecule has 2 atom stereocenters. The first-order valence-electron chi connectivity index (χ1n) is 8.41. The normalized spacial score (nSPS) is 21.2. The number of halogens is 6. The molecule has 0 aromatic heterocycles. The van der Waals surface area contributed by atoms with Gasteiger partial charge in [0.25, 0.3) is 0 Å². The van der Waals surface area contributed by atoms with Gasteiger partial charge < -0.3 is 15.5 Å². The van der Waals surface area contributed by atoms with Gasteiger partial charge in [0.1, 0.15) is 0 Å². The van der Waals surface area contributed by atoms with Gasteiger partial charge >= 0.3 is 12.4 Å². The maximum absolute atomic E-state index is 12.9. The fourth-order valence-corrected chi connectivity index (χ4v) is 3.53. The molecule has 0 saturated heterocycles. The van der Waals surface area contributed by atoms with Crippen molar-refractivity contribution in [3.63, 3.8) is 0 Å². The number of hydrogen-bond acceptors (Lipinski definition) is 2. The SMILES string of the molecule is CN(C)[C@H]1CCCC[C@H]1NC(=S)Nc1cc(C(F)(F)F)cc(C(F)(F)F)c1. The Hall–Kier alpha value is -1.55. The molecule has 0 aliphatic heterocycles. The second kappa shape index (κ2) is 8.22. The molecule has 3 nitrogen and oxygen atoms in total. The lowest BCUT2D eigenvalue weighted by Crippen LogP contribution is -2.52. The monoisotopic (exact) mass is 413 g/mol. The predicted molar refractivity (Wildman–Crippen MR) is 95.5 cm³/mol. The maximum atomic E-state index is 12.9. The second-order valence-corrected chi connectivity index (χ2v) is 7.22. The van der Waals surface area contributed by atoms with E-state index < -0.39 is 23.5 Å². The molecule has 1 saturated carbocycles. The molecule has 152 valence electrons. The summed E-state index contributed by atoms with van der Waals surface area (Å²) in [6.07, 6.45) is -6.00. The van der Waals surface area contributed by atoms with Gasteiger partial charge in [0, 0.05) is 17.8 Å². The highest BCUT2D eigenvalue weighted by Gasteiger charge is 2.37. The van der Waals surface area contributed by atoms with Gasteiger partial charge in [0.15, 0.2) is 5.11 Å². The minimum atomic E-state index is -4.90. The van der Waals surface area contributed by atoms with E-state index in [2.05, 4.69) is 10.6 Å². The summed E-state index contributed by atoms with van der Waals surface area (Å²) >= 11 is 5.13. The van der Waals surface area contributed by atoms with Crippen molar-refractivity contribution in [2.45, 2.75) is 50.1 Å². The number of likely N-dealkylation sites (N-methyl/N-ethyl adjacent to an activating group) is 1. The van der Waals surface area contributed by atoms with Crippen molar-refractivity contribution in [2.24, 2.45) is 0 Å². The molecular formula is C17H21F6N3S. The topological polar surface area (TPSA) is 27.3 Å². The summed E-state index contributed by atoms with van der Waals surface area (Å²) in [7, 11) is 3.84. The summed E-state index contributed by atoms with van der Waals surface area (Å²) in [5.74, 6) is 0. The number of rotatable bonds is 3. The number of hydrogen-bond donors (Lipinski definition) is 2. The van der Waals surface area contributed by atoms with Crippen molar-refractivity contribution in [3.8, 4) is 0 Å². The average Bonchev–Trinajstić information content (AvgIpc) is 2.53. The molecule has 1 aliphatic carbocycles. The minimum absolute atomic E-state index is 0.00111. The number of nitrogens with zero attached hydrogens (tertiary/aromatic N) is 1. The van der Waals surface area contributed by atoms with Gasteiger partial charge in [-0.2, -0.15) is 26.3 Å². The number of alkyl halides is 6. The Kier molecular flexibility index (Phi) is 6.62. The van der Waals surface area contributed by atoms with Crippen LogP contribution >= 0.6 is 12.2 Å². The fraction of sp³-hybridized carbons (Fsp3) is 0.588. The molecule has 0 unspecified atom stereocenters. The summed E-state index contributed by atoms with van der Waals surface area (Å²) in [6, 6.07) is 1.48. The highest BCUT2D eigenvalue weighted by molar-refractivity contribution is 7.80. The van der Waals surface area contributed by atoms with Crippen molar-refractivity contribution >= 4 is 23.0 Å². The van der Waals surface area contributed by atoms with E-state index in [4.69, 9.17) is 12.2 Å². The van der Waals surface area contributed by atoms with Crippen LogP contribution in [-0.2, 0) is 12.4 Å². The van der Waals surface area contributed by atoms with Crippen LogP contribution in [0.5, 0.6) is 0 Å². The molecule has 10 heteroatoms. The van der Waals surface area contributed by atoms with Crippen molar-refractivity contribution in [1.29, 1.82) is 0 Å². The van der Waals surface area contributed by atoms with E-state index >= 15 is 0 Å². The van der Waals surface area contributed by atoms with Gasteiger partial charge in [-0.3, -0.25) is 0 Å². The first kappa shape index (κ1) is 21.7. The van der Waals surface area contributed by atoms with E-state index in [0.717, 1.165) is 25.7 Å². The second-order valence-electron chi connectivity index (χ2n) is 6.81. The zero-order chi connectivity index (χ0) is 20.4. The molecule has 0 bridgehead atoms. The molecule has 0 radical (unpaired) electrons. The molecule has 0 spiro atoms. The zero-order valence-electron chi connectivity index (χ0n) is 14.8. The molecule has 27 heavy (non-hydrogen) atoms. The van der Waals surface area contributed by atoms with E-state index in [1.54, 1.807) is 0 Å². The van der Waals surface area contributed by atoms with Crippen molar-refractivity contribution in [2.75, 3.05) is 19.4 Å². The van der Waals surface area contributed by atoms with Crippen LogP contribution in [-0.4, -0.2) is 36.2 Å². The van der Waals surface area contributed by atoms with Gasteiger partial charge in [0.05, 0.1) is 11.1 Å². The molecular weight excluding hydrogens is 392 g/mol. The first-order chi connectivity index (χ1) is 12.4. The largest absolute Gasteiger partial charge is 0.416 e. The molecule has 2 rings (SSSR count). The summed E-state index contributed by atoms with van der Waals surface area (Å²) in [5, 5.41) is 5.51. The Bertz CT molecular complexity index is 639. The Balaban J connectivity index is 2.19. The van der Waals surface area contributed by atoms with Crippen LogP contribution in [0.4, 0.5) is 32.0 Å². The van der Waals surface area contributed by atoms with Crippen LogP contribution in [0.15, 0.2) is 18.2 Å². The van der Waals surface area contributed by atoms with Crippen molar-refractivity contribution in [1.82, 2.24) is 10.2 Å². The summed E-state index contributed by atoms with van der Waals surface area (Å²) in [5.41, 5.74) is -3.12. The molecule has 1 aromatic carbocycles. The summed E-state index contributed by atoms with van der Waals surface area (Å²) in [4.78, 5) is 2.03. The Morgan fingerprint density at radius 1 is 0.963 bits per heavy atom. The van der Waals surface area contributed by atoms with Crippen LogP contribution in [0.1, 0.15) is 36.8 Å². The lowest BCUT2D eigenvalue weighted by atomic mass is 9.90. The van der Waals surface area contributed by atoms with Gasteiger partial charge in [-0.25, -0.2) is 0 Å². The van der Waals surface area contributed by atoms with E-state index in [1.807, 2.05) is 19.0 Å². The smallest absolute Gasteiger partial charge is 0.358 e. The molecule has 0 heterocycles. The van der Waals surface area contributed by atoms with E-state index in [-0.39, 0.29) is 28.9 Å². The number of nitrogens with one attached hydrogen (secondary N) is 2. The number of thiocarbonyl (C=S) groups is 1. The third kappa shape index (κ3) is 5.97. The van der Waals surface area contributed by atoms with Crippen molar-refractivity contribution in [3.05, 3.63) is 29.3 Å². The molecule has 2 N–H and O–H groups in total. The van der Waals surface area contributed by atoms with Crippen LogP contribution in [0.25, 0.3) is 0 Å². The minimum Gasteiger partial charge on any atom is -0.358 e. The molecule has 1 aromatic rings. The molecule has 1 aliphatic rings. The molecule has 1 fully saturated rings. The van der Waals surface area contributed by atoms with Crippen LogP contribution in [0.3, 0.4) is 0 Å². The van der Waals surface area contributed by atoms with E-state index in [1.165, 1.54) is 0 Å². The Morgan fingerprint density at radius 2 is 1.48 bits per heavy atom. The van der Waals surface area contributed by atoms with Gasteiger partial charge in [-0.15, -0.1) is 0 Å². The van der Waals surface area contributed by atoms with E-state index in [0.29, 0.717) is 12.1 Å². The van der Waals surface area contributed by atoms with Crippen LogP contribution < -0.4 is 10.6 Å². The highest BCUT2D eigenvalue weighted by Crippen LogP contribution is 2.37. The maximum Gasteiger partial charge on any atom is 0.416 e. The Morgan fingerprint density at radius 3 is 1.96 bits per heavy atom. The molecule has 0 amide bonds. The summed E-state index contributed by atoms with van der Waals surface area (Å²) < 4.78 is 77.6. The highest BCUT2D eigenvalue weighted by atomic mass is 32.1. The lowest BCUT2D eigenvalue weighted by Gasteiger charge is -2.37. The van der Waals surface area contributed by atoms with Crippen LogP contribution in [0, 0.1) is 0 Å². The Labute approximate surface area is 159 Å². The predicted octanol–water partition coefficient (Wildman–Crippen LogP) is 4.88. The standard InChI is InChI=1S/C17H21F6N3S/c1-26(2)14-6-4-3-5-13(14)25-15(27)24-12-8-10(16(18,19)20)7-11(9-12)17(21,22)23/h7-9,13-14H,3-6H2,1-2H3,(H2,24,25,27)/t13-,14+/m1/s1. The third-order valence-electron chi connectivity index (χ3n) is 4.55. The first-order valence-corrected chi connectivity index (χ1v) is 8.82. The average molecular weight is 413 g/mol. The number of anilines is 1. The van der Waals surface area contributed by atoms with Gasteiger partial charge in [-0.05, 0) is 57.4 Å².